The number of nitrogens with one attached hydrogen (secondary N) is 1. The van der Waals surface area contributed by atoms with Gasteiger partial charge >= 0.3 is 0 Å². The first-order chi connectivity index (χ1) is 10.4. The van der Waals surface area contributed by atoms with Crippen LogP contribution in [0.1, 0.15) is 24.5 Å². The predicted octanol–water partition coefficient (Wildman–Crippen LogP) is 2.92. The van der Waals surface area contributed by atoms with Crippen molar-refractivity contribution < 1.29 is 9.59 Å². The third-order valence-corrected chi connectivity index (χ3v) is 4.59. The van der Waals surface area contributed by atoms with E-state index in [-0.39, 0.29) is 18.2 Å². The minimum Gasteiger partial charge on any atom is -0.359 e. The van der Waals surface area contributed by atoms with E-state index in [9.17, 15) is 9.59 Å². The van der Waals surface area contributed by atoms with Crippen LogP contribution in [0, 0.1) is 0 Å². The molecule has 0 aromatic heterocycles. The van der Waals surface area contributed by atoms with Crippen LogP contribution in [0.25, 0.3) is 5.57 Å². The van der Waals surface area contributed by atoms with E-state index in [1.165, 1.54) is 0 Å². The lowest BCUT2D eigenvalue weighted by Gasteiger charge is -2.26. The third kappa shape index (κ3) is 3.62. The molecule has 2 rings (SSSR count). The number of carbonyl (C=O) groups is 2. The van der Waals surface area contributed by atoms with Crippen molar-refractivity contribution in [2.75, 3.05) is 20.1 Å². The van der Waals surface area contributed by atoms with Crippen LogP contribution in [0.15, 0.2) is 18.2 Å². The summed E-state index contributed by atoms with van der Waals surface area (Å²) in [6.07, 6.45) is 2.89. The Morgan fingerprint density at radius 3 is 2.59 bits per heavy atom. The molecule has 0 saturated heterocycles. The highest BCUT2D eigenvalue weighted by Crippen LogP contribution is 2.35. The van der Waals surface area contributed by atoms with Crippen molar-refractivity contribution in [1.82, 2.24) is 10.2 Å². The van der Waals surface area contributed by atoms with Gasteiger partial charge in [0.25, 0.3) is 0 Å². The first-order valence-electron chi connectivity index (χ1n) is 7.06. The summed E-state index contributed by atoms with van der Waals surface area (Å²) in [4.78, 5) is 24.8. The van der Waals surface area contributed by atoms with Gasteiger partial charge < -0.3 is 10.2 Å². The van der Waals surface area contributed by atoms with E-state index in [4.69, 9.17) is 23.2 Å². The highest BCUT2D eigenvalue weighted by Gasteiger charge is 2.19. The molecule has 0 radical (unpaired) electrons. The molecule has 0 fully saturated rings. The zero-order chi connectivity index (χ0) is 16.3. The molecule has 2 amide bonds. The van der Waals surface area contributed by atoms with Crippen LogP contribution in [0.4, 0.5) is 0 Å². The molecular weight excluding hydrogens is 323 g/mol. The molecule has 1 aromatic carbocycles. The summed E-state index contributed by atoms with van der Waals surface area (Å²) in [5.74, 6) is -0.0702. The van der Waals surface area contributed by atoms with Crippen molar-refractivity contribution in [2.45, 2.75) is 19.8 Å². The molecule has 1 aliphatic rings. The smallest absolute Gasteiger partial charge is 0.224 e. The van der Waals surface area contributed by atoms with Gasteiger partial charge in [0.1, 0.15) is 0 Å². The van der Waals surface area contributed by atoms with E-state index >= 15 is 0 Å². The monoisotopic (exact) mass is 340 g/mol. The number of likely N-dealkylation sites (N-methyl/N-ethyl adjacent to an activating group) is 1. The minimum absolute atomic E-state index is 0.0674. The molecule has 0 atom stereocenters. The number of rotatable bonds is 3. The van der Waals surface area contributed by atoms with Crippen molar-refractivity contribution >= 4 is 40.6 Å². The molecule has 1 aromatic rings. The molecule has 1 N–H and O–H groups in total. The quantitative estimate of drug-likeness (QED) is 0.919. The van der Waals surface area contributed by atoms with E-state index in [1.54, 1.807) is 24.9 Å². The lowest BCUT2D eigenvalue weighted by atomic mass is 9.96. The number of carbonyl (C=O) groups excluding carboxylic acids is 2. The Morgan fingerprint density at radius 2 is 2.05 bits per heavy atom. The summed E-state index contributed by atoms with van der Waals surface area (Å²) in [5.41, 5.74) is 2.60. The largest absolute Gasteiger partial charge is 0.359 e. The van der Waals surface area contributed by atoms with E-state index in [0.717, 1.165) is 17.6 Å². The molecule has 0 bridgehead atoms. The fourth-order valence-corrected chi connectivity index (χ4v) is 3.08. The normalized spacial score (nSPS) is 14.5. The van der Waals surface area contributed by atoms with Crippen LogP contribution in [0.3, 0.4) is 0 Å². The number of halogens is 2. The van der Waals surface area contributed by atoms with E-state index < -0.39 is 0 Å². The molecule has 1 heterocycles. The SMILES string of the molecule is CNC(=O)Cc1c(Cl)ccc(C2=CCN(C(C)=O)CC2)c1Cl. The third-order valence-electron chi connectivity index (χ3n) is 3.80. The second kappa shape index (κ2) is 7.16. The molecule has 0 unspecified atom stereocenters. The molecule has 22 heavy (non-hydrogen) atoms. The van der Waals surface area contributed by atoms with E-state index in [1.807, 2.05) is 12.1 Å². The number of benzene rings is 1. The van der Waals surface area contributed by atoms with Crippen molar-refractivity contribution in [3.05, 3.63) is 39.4 Å². The Labute approximate surface area is 140 Å². The maximum absolute atomic E-state index is 11.6. The Hall–Kier alpha value is -1.52. The highest BCUT2D eigenvalue weighted by atomic mass is 35.5. The first kappa shape index (κ1) is 16.8. The number of hydrogen-bond acceptors (Lipinski definition) is 2. The van der Waals surface area contributed by atoms with Gasteiger partial charge in [0.2, 0.25) is 11.8 Å². The zero-order valence-corrected chi connectivity index (χ0v) is 14.1. The van der Waals surface area contributed by atoms with E-state index in [2.05, 4.69) is 5.32 Å². The second-order valence-electron chi connectivity index (χ2n) is 5.18. The fourth-order valence-electron chi connectivity index (χ4n) is 2.46. The van der Waals surface area contributed by atoms with Crippen LogP contribution in [-0.2, 0) is 16.0 Å². The molecular formula is C16H18Cl2N2O2. The molecule has 118 valence electrons. The lowest BCUT2D eigenvalue weighted by Crippen LogP contribution is -2.32. The number of hydrogen-bond donors (Lipinski definition) is 1. The summed E-state index contributed by atoms with van der Waals surface area (Å²) in [5, 5.41) is 3.57. The van der Waals surface area contributed by atoms with Crippen molar-refractivity contribution in [2.24, 2.45) is 0 Å². The van der Waals surface area contributed by atoms with Gasteiger partial charge in [-0.3, -0.25) is 9.59 Å². The van der Waals surface area contributed by atoms with Gasteiger partial charge in [-0.1, -0.05) is 35.3 Å². The molecule has 0 spiro atoms. The average molecular weight is 341 g/mol. The van der Waals surface area contributed by atoms with Crippen LogP contribution in [0.5, 0.6) is 0 Å². The highest BCUT2D eigenvalue weighted by molar-refractivity contribution is 6.37. The van der Waals surface area contributed by atoms with Gasteiger partial charge in [-0.05, 0) is 29.2 Å². The summed E-state index contributed by atoms with van der Waals surface area (Å²) in [7, 11) is 1.58. The summed E-state index contributed by atoms with van der Waals surface area (Å²) >= 11 is 12.6. The summed E-state index contributed by atoms with van der Waals surface area (Å²) in [6.45, 7) is 2.81. The minimum atomic E-state index is -0.138. The topological polar surface area (TPSA) is 49.4 Å². The Bertz CT molecular complexity index is 641. The average Bonchev–Trinajstić information content (AvgIpc) is 2.51. The van der Waals surface area contributed by atoms with Crippen molar-refractivity contribution in [3.8, 4) is 0 Å². The van der Waals surface area contributed by atoms with Crippen LogP contribution >= 0.6 is 23.2 Å². The van der Waals surface area contributed by atoms with Crippen LogP contribution < -0.4 is 5.32 Å². The predicted molar refractivity (Wildman–Crippen MR) is 89.1 cm³/mol. The molecule has 0 aliphatic carbocycles. The maximum atomic E-state index is 11.6. The zero-order valence-electron chi connectivity index (χ0n) is 12.6. The Kier molecular flexibility index (Phi) is 5.48. The van der Waals surface area contributed by atoms with Crippen molar-refractivity contribution in [1.29, 1.82) is 0 Å². The van der Waals surface area contributed by atoms with Crippen LogP contribution in [-0.4, -0.2) is 36.9 Å². The van der Waals surface area contributed by atoms with Crippen molar-refractivity contribution in [3.63, 3.8) is 0 Å². The molecule has 6 heteroatoms. The van der Waals surface area contributed by atoms with Gasteiger partial charge in [-0.25, -0.2) is 0 Å². The maximum Gasteiger partial charge on any atom is 0.224 e. The van der Waals surface area contributed by atoms with E-state index in [0.29, 0.717) is 28.7 Å². The Morgan fingerprint density at radius 1 is 1.32 bits per heavy atom. The Balaban J connectivity index is 2.31. The second-order valence-corrected chi connectivity index (χ2v) is 5.97. The lowest BCUT2D eigenvalue weighted by molar-refractivity contribution is -0.128. The molecule has 0 saturated carbocycles. The van der Waals surface area contributed by atoms with Gasteiger partial charge in [0, 0.05) is 32.1 Å². The van der Waals surface area contributed by atoms with Crippen LogP contribution in [0.2, 0.25) is 10.0 Å². The standard InChI is InChI=1S/C16H18Cl2N2O2/c1-10(21)20-7-5-11(6-8-20)12-3-4-14(17)13(16(12)18)9-15(22)19-2/h3-5H,6-9H2,1-2H3,(H,19,22). The summed E-state index contributed by atoms with van der Waals surface area (Å²) in [6, 6.07) is 3.63. The van der Waals surface area contributed by atoms with Gasteiger partial charge in [0.05, 0.1) is 11.4 Å². The summed E-state index contributed by atoms with van der Waals surface area (Å²) < 4.78 is 0. The fraction of sp³-hybridized carbons (Fsp3) is 0.375. The number of amides is 2. The van der Waals surface area contributed by atoms with Gasteiger partial charge in [-0.15, -0.1) is 0 Å². The van der Waals surface area contributed by atoms with Gasteiger partial charge in [0.15, 0.2) is 0 Å². The number of nitrogens with zero attached hydrogens (tertiary/aromatic N) is 1. The first-order valence-corrected chi connectivity index (χ1v) is 7.82. The van der Waals surface area contributed by atoms with Gasteiger partial charge in [-0.2, -0.15) is 0 Å². The molecule has 4 nitrogen and oxygen atoms in total. The molecule has 1 aliphatic heterocycles.